The molecule has 1 aromatic carbocycles. The van der Waals surface area contributed by atoms with Crippen molar-refractivity contribution < 1.29 is 32.2 Å². The van der Waals surface area contributed by atoms with Gasteiger partial charge in [0.15, 0.2) is 0 Å². The number of aliphatic imine (C=N–C) groups is 1. The Bertz CT molecular complexity index is 1010. The average molecular weight is 542 g/mol. The van der Waals surface area contributed by atoms with Crippen LogP contribution in [0.3, 0.4) is 0 Å². The Labute approximate surface area is 221 Å². The molecule has 1 aliphatic rings. The first-order valence-corrected chi connectivity index (χ1v) is 12.4. The molecule has 1 aliphatic heterocycles. The Morgan fingerprint density at radius 3 is 2.42 bits per heavy atom. The van der Waals surface area contributed by atoms with Gasteiger partial charge in [0.2, 0.25) is 0 Å². The number of benzene rings is 1. The monoisotopic (exact) mass is 541 g/mol. The van der Waals surface area contributed by atoms with Crippen LogP contribution < -0.4 is 15.8 Å². The molecule has 0 bridgehead atoms. The fourth-order valence-corrected chi connectivity index (χ4v) is 3.70. The molecule has 9 nitrogen and oxygen atoms in total. The van der Waals surface area contributed by atoms with Crippen molar-refractivity contribution in [3.05, 3.63) is 41.6 Å². The Balaban J connectivity index is 2.02. The number of alkyl halides is 3. The van der Waals surface area contributed by atoms with E-state index in [1.165, 1.54) is 12.0 Å². The van der Waals surface area contributed by atoms with Crippen LogP contribution in [0.15, 0.2) is 41.0 Å². The van der Waals surface area contributed by atoms with Gasteiger partial charge in [-0.3, -0.25) is 9.79 Å². The van der Waals surface area contributed by atoms with Gasteiger partial charge in [-0.25, -0.2) is 4.79 Å². The molecule has 212 valence electrons. The van der Waals surface area contributed by atoms with E-state index in [-0.39, 0.29) is 18.3 Å². The first-order chi connectivity index (χ1) is 17.7. The molecule has 0 radical (unpaired) electrons. The first kappa shape index (κ1) is 30.9. The molecular formula is C26H38F3N5O4. The van der Waals surface area contributed by atoms with E-state index in [0.717, 1.165) is 0 Å². The van der Waals surface area contributed by atoms with Gasteiger partial charge in [-0.05, 0) is 45.8 Å². The number of hydrogen-bond donors (Lipinski definition) is 2. The number of nitrogens with zero attached hydrogens (tertiary/aromatic N) is 3. The number of halogens is 3. The number of rotatable bonds is 9. The molecule has 0 spiro atoms. The predicted molar refractivity (Wildman–Crippen MR) is 139 cm³/mol. The zero-order valence-electron chi connectivity index (χ0n) is 22.6. The maximum absolute atomic E-state index is 13.1. The maximum atomic E-state index is 13.1. The Hall–Kier alpha value is -3.28. The number of carbonyl (C=O) groups is 2. The summed E-state index contributed by atoms with van der Waals surface area (Å²) in [7, 11) is 3.15. The van der Waals surface area contributed by atoms with Gasteiger partial charge in [-0.2, -0.15) is 13.2 Å². The van der Waals surface area contributed by atoms with E-state index in [9.17, 15) is 22.8 Å². The fourth-order valence-electron chi connectivity index (χ4n) is 3.70. The number of carbonyl (C=O) groups excluding carboxylic acids is 2. The maximum Gasteiger partial charge on any atom is 0.430 e. The van der Waals surface area contributed by atoms with E-state index in [1.807, 2.05) is 0 Å². The van der Waals surface area contributed by atoms with Crippen molar-refractivity contribution in [2.24, 2.45) is 10.7 Å². The van der Waals surface area contributed by atoms with Crippen LogP contribution in [0.5, 0.6) is 5.75 Å². The van der Waals surface area contributed by atoms with Gasteiger partial charge in [0.05, 0.1) is 13.2 Å². The second-order valence-corrected chi connectivity index (χ2v) is 10.1. The summed E-state index contributed by atoms with van der Waals surface area (Å²) in [6.45, 7) is 7.75. The third-order valence-corrected chi connectivity index (χ3v) is 5.82. The van der Waals surface area contributed by atoms with Crippen LogP contribution in [-0.2, 0) is 16.1 Å². The van der Waals surface area contributed by atoms with Crippen LogP contribution in [0, 0.1) is 0 Å². The third-order valence-electron chi connectivity index (χ3n) is 5.82. The molecule has 1 fully saturated rings. The number of likely N-dealkylation sites (N-methyl/N-ethyl adjacent to an activating group) is 1. The number of likely N-dealkylation sites (tertiary alicyclic amines) is 1. The molecular weight excluding hydrogens is 503 g/mol. The molecule has 3 N–H and O–H groups in total. The molecule has 1 saturated heterocycles. The SMILES string of the molecule is COc1ccccc1CNC(=O)C(/C=C(\N)C(F)(F)F)=NC1CCN(CCN(C)C(=O)OC(C)(C)C)CC1. The molecule has 0 aromatic heterocycles. The largest absolute Gasteiger partial charge is 0.496 e. The molecule has 0 unspecified atom stereocenters. The number of amides is 2. The second kappa shape index (κ2) is 13.5. The lowest BCUT2D eigenvalue weighted by atomic mass is 10.1. The van der Waals surface area contributed by atoms with Crippen molar-refractivity contribution in [3.63, 3.8) is 0 Å². The van der Waals surface area contributed by atoms with Crippen LogP contribution in [0.25, 0.3) is 0 Å². The van der Waals surface area contributed by atoms with Crippen molar-refractivity contribution in [2.75, 3.05) is 40.3 Å². The minimum atomic E-state index is -4.78. The van der Waals surface area contributed by atoms with E-state index in [4.69, 9.17) is 15.2 Å². The van der Waals surface area contributed by atoms with E-state index >= 15 is 0 Å². The minimum Gasteiger partial charge on any atom is -0.496 e. The zero-order valence-corrected chi connectivity index (χ0v) is 22.6. The molecule has 1 aromatic rings. The molecule has 2 rings (SSSR count). The topological polar surface area (TPSA) is 109 Å². The van der Waals surface area contributed by atoms with E-state index in [1.54, 1.807) is 52.1 Å². The van der Waals surface area contributed by atoms with Crippen molar-refractivity contribution in [2.45, 2.75) is 58.0 Å². The number of piperidine rings is 1. The van der Waals surface area contributed by atoms with Gasteiger partial charge in [0.25, 0.3) is 5.91 Å². The predicted octanol–water partition coefficient (Wildman–Crippen LogP) is 3.49. The standard InChI is InChI=1S/C26H38F3N5O4/c1-25(2,3)38-24(36)33(4)14-15-34-12-10-19(11-13-34)32-20(16-22(30)26(27,28)29)23(35)31-17-18-8-6-7-9-21(18)37-5/h6-9,16,19H,10-15,17,30H2,1-5H3,(H,31,35)/b22-16-,32-20?. The Morgan fingerprint density at radius 1 is 1.21 bits per heavy atom. The fraction of sp³-hybridized carbons (Fsp3) is 0.577. The van der Waals surface area contributed by atoms with Crippen LogP contribution in [0.4, 0.5) is 18.0 Å². The molecule has 0 aliphatic carbocycles. The first-order valence-electron chi connectivity index (χ1n) is 12.4. The van der Waals surface area contributed by atoms with Gasteiger partial charge in [0, 0.05) is 45.3 Å². The van der Waals surface area contributed by atoms with Crippen molar-refractivity contribution >= 4 is 17.7 Å². The van der Waals surface area contributed by atoms with Crippen molar-refractivity contribution in [1.82, 2.24) is 15.1 Å². The third kappa shape index (κ3) is 10.2. The van der Waals surface area contributed by atoms with Crippen LogP contribution in [-0.4, -0.2) is 85.7 Å². The van der Waals surface area contributed by atoms with Crippen molar-refractivity contribution in [1.29, 1.82) is 0 Å². The second-order valence-electron chi connectivity index (χ2n) is 10.1. The van der Waals surface area contributed by atoms with Gasteiger partial charge < -0.3 is 30.3 Å². The molecule has 0 saturated carbocycles. The quantitative estimate of drug-likeness (QED) is 0.464. The normalized spacial score (nSPS) is 16.2. The number of hydrogen-bond acceptors (Lipinski definition) is 7. The number of ether oxygens (including phenoxy) is 2. The van der Waals surface area contributed by atoms with Crippen LogP contribution in [0.1, 0.15) is 39.2 Å². The van der Waals surface area contributed by atoms with Gasteiger partial charge in [0.1, 0.15) is 22.8 Å². The number of nitrogens with one attached hydrogen (secondary N) is 1. The van der Waals surface area contributed by atoms with Crippen molar-refractivity contribution in [3.8, 4) is 5.75 Å². The van der Waals surface area contributed by atoms with E-state index < -0.39 is 29.5 Å². The minimum absolute atomic E-state index is 0.0469. The van der Waals surface area contributed by atoms with E-state index in [2.05, 4.69) is 15.2 Å². The number of para-hydroxylation sites is 1. The highest BCUT2D eigenvalue weighted by molar-refractivity contribution is 6.43. The lowest BCUT2D eigenvalue weighted by Crippen LogP contribution is -2.42. The summed E-state index contributed by atoms with van der Waals surface area (Å²) in [6, 6.07) is 6.65. The smallest absolute Gasteiger partial charge is 0.430 e. The zero-order chi connectivity index (χ0) is 28.5. The number of methoxy groups -OCH3 is 1. The van der Waals surface area contributed by atoms with Gasteiger partial charge in [-0.15, -0.1) is 0 Å². The molecule has 38 heavy (non-hydrogen) atoms. The number of allylic oxidation sites excluding steroid dienone is 1. The summed E-state index contributed by atoms with van der Waals surface area (Å²) in [4.78, 5) is 33.0. The molecule has 0 atom stereocenters. The summed E-state index contributed by atoms with van der Waals surface area (Å²) in [5.74, 6) is -0.217. The summed E-state index contributed by atoms with van der Waals surface area (Å²) >= 11 is 0. The van der Waals surface area contributed by atoms with Gasteiger partial charge in [-0.1, -0.05) is 18.2 Å². The molecule has 1 heterocycles. The summed E-state index contributed by atoms with van der Waals surface area (Å²) in [6.07, 6.45) is -3.53. The lowest BCUT2D eigenvalue weighted by Gasteiger charge is -2.32. The highest BCUT2D eigenvalue weighted by Gasteiger charge is 2.32. The lowest BCUT2D eigenvalue weighted by molar-refractivity contribution is -0.114. The Morgan fingerprint density at radius 2 is 1.84 bits per heavy atom. The highest BCUT2D eigenvalue weighted by Crippen LogP contribution is 2.22. The van der Waals surface area contributed by atoms with E-state index in [0.29, 0.717) is 56.4 Å². The van der Waals surface area contributed by atoms with Gasteiger partial charge >= 0.3 is 12.3 Å². The summed E-state index contributed by atoms with van der Waals surface area (Å²) < 4.78 is 49.9. The summed E-state index contributed by atoms with van der Waals surface area (Å²) in [5, 5.41) is 2.61. The average Bonchev–Trinajstić information content (AvgIpc) is 2.84. The van der Waals surface area contributed by atoms with Crippen LogP contribution in [0.2, 0.25) is 0 Å². The molecule has 12 heteroatoms. The van der Waals surface area contributed by atoms with Crippen LogP contribution >= 0.6 is 0 Å². The molecule has 2 amide bonds. The Kier molecular flexibility index (Phi) is 11.0. The highest BCUT2D eigenvalue weighted by atomic mass is 19.4. The number of nitrogens with two attached hydrogens (primary N) is 1. The summed E-state index contributed by atoms with van der Waals surface area (Å²) in [5.41, 5.74) is 3.52.